The normalized spacial score (nSPS) is 9.59. The molecule has 0 aliphatic carbocycles. The standard InChI is InChI=1S/C12H7N3O2/c1-8(16)17-15-3-2-9-4-10(6-13)11(7-14)5-12(9)15/h2-5H,1H3. The lowest BCUT2D eigenvalue weighted by atomic mass is 10.1. The SMILES string of the molecule is CC(=O)On1ccc2cc(C#N)c(C#N)cc21. The molecular formula is C12H7N3O2. The van der Waals surface area contributed by atoms with Gasteiger partial charge >= 0.3 is 5.97 Å². The number of carbonyl (C=O) groups is 1. The van der Waals surface area contributed by atoms with Gasteiger partial charge in [-0.25, -0.2) is 4.79 Å². The first-order valence-electron chi connectivity index (χ1n) is 4.80. The van der Waals surface area contributed by atoms with Gasteiger partial charge in [0.1, 0.15) is 12.1 Å². The van der Waals surface area contributed by atoms with Crippen LogP contribution in [0, 0.1) is 22.7 Å². The molecule has 0 fully saturated rings. The summed E-state index contributed by atoms with van der Waals surface area (Å²) in [5.74, 6) is -0.453. The van der Waals surface area contributed by atoms with E-state index in [4.69, 9.17) is 15.4 Å². The van der Waals surface area contributed by atoms with Gasteiger partial charge in [-0.3, -0.25) is 0 Å². The van der Waals surface area contributed by atoms with Gasteiger partial charge in [0, 0.05) is 18.5 Å². The number of fused-ring (bicyclic) bond motifs is 1. The molecular weight excluding hydrogens is 218 g/mol. The number of benzene rings is 1. The molecule has 0 spiro atoms. The van der Waals surface area contributed by atoms with Crippen LogP contribution in [0.5, 0.6) is 0 Å². The van der Waals surface area contributed by atoms with Crippen molar-refractivity contribution in [3.63, 3.8) is 0 Å². The molecule has 2 aromatic rings. The van der Waals surface area contributed by atoms with Gasteiger partial charge < -0.3 is 4.84 Å². The average molecular weight is 225 g/mol. The van der Waals surface area contributed by atoms with Crippen LogP contribution in [0.4, 0.5) is 0 Å². The summed E-state index contributed by atoms with van der Waals surface area (Å²) in [6, 6.07) is 8.71. The quantitative estimate of drug-likeness (QED) is 0.733. The van der Waals surface area contributed by atoms with Crippen LogP contribution in [0.1, 0.15) is 18.1 Å². The van der Waals surface area contributed by atoms with Gasteiger partial charge in [-0.1, -0.05) is 0 Å². The third kappa shape index (κ3) is 1.82. The number of hydrogen-bond acceptors (Lipinski definition) is 4. The molecule has 0 aliphatic rings. The molecule has 1 heterocycles. The number of rotatable bonds is 1. The van der Waals surface area contributed by atoms with Gasteiger partial charge in [0.15, 0.2) is 0 Å². The van der Waals surface area contributed by atoms with Crippen LogP contribution < -0.4 is 4.84 Å². The van der Waals surface area contributed by atoms with Crippen molar-refractivity contribution >= 4 is 16.9 Å². The van der Waals surface area contributed by atoms with Crippen molar-refractivity contribution in [2.24, 2.45) is 0 Å². The molecule has 1 aromatic heterocycles. The van der Waals surface area contributed by atoms with E-state index in [9.17, 15) is 4.79 Å². The highest BCUT2D eigenvalue weighted by molar-refractivity contribution is 5.84. The van der Waals surface area contributed by atoms with Crippen LogP contribution in [0.2, 0.25) is 0 Å². The average Bonchev–Trinajstić information content (AvgIpc) is 2.69. The van der Waals surface area contributed by atoms with Gasteiger partial charge in [0.05, 0.1) is 16.6 Å². The Balaban J connectivity index is 2.67. The van der Waals surface area contributed by atoms with Crippen molar-refractivity contribution in [2.45, 2.75) is 6.92 Å². The van der Waals surface area contributed by atoms with Crippen molar-refractivity contribution in [3.05, 3.63) is 35.5 Å². The molecule has 0 N–H and O–H groups in total. The summed E-state index contributed by atoms with van der Waals surface area (Å²) in [5.41, 5.74) is 1.14. The Labute approximate surface area is 97.0 Å². The van der Waals surface area contributed by atoms with Crippen LogP contribution >= 0.6 is 0 Å². The van der Waals surface area contributed by atoms with E-state index in [2.05, 4.69) is 0 Å². The van der Waals surface area contributed by atoms with E-state index in [-0.39, 0.29) is 5.56 Å². The highest BCUT2D eigenvalue weighted by Gasteiger charge is 2.09. The van der Waals surface area contributed by atoms with Gasteiger partial charge in [-0.2, -0.15) is 15.3 Å². The molecule has 82 valence electrons. The van der Waals surface area contributed by atoms with E-state index in [0.29, 0.717) is 11.1 Å². The summed E-state index contributed by atoms with van der Waals surface area (Å²) in [6.07, 6.45) is 1.56. The van der Waals surface area contributed by atoms with E-state index in [1.54, 1.807) is 18.3 Å². The Morgan fingerprint density at radius 1 is 1.29 bits per heavy atom. The first-order chi connectivity index (χ1) is 8.15. The van der Waals surface area contributed by atoms with Crippen LogP contribution in [-0.4, -0.2) is 10.7 Å². The monoisotopic (exact) mass is 225 g/mol. The van der Waals surface area contributed by atoms with E-state index in [0.717, 1.165) is 5.39 Å². The maximum absolute atomic E-state index is 10.9. The lowest BCUT2D eigenvalue weighted by molar-refractivity contribution is -0.140. The summed E-state index contributed by atoms with van der Waals surface area (Å²) < 4.78 is 1.28. The molecule has 1 aromatic carbocycles. The maximum atomic E-state index is 10.9. The molecule has 2 rings (SSSR count). The van der Waals surface area contributed by atoms with Crippen LogP contribution in [0.15, 0.2) is 24.4 Å². The highest BCUT2D eigenvalue weighted by atomic mass is 16.7. The number of hydrogen-bond donors (Lipinski definition) is 0. The molecule has 0 unspecified atom stereocenters. The van der Waals surface area contributed by atoms with Crippen molar-refractivity contribution in [2.75, 3.05) is 0 Å². The summed E-state index contributed by atoms with van der Waals surface area (Å²) in [5, 5.41) is 18.5. The molecule has 0 atom stereocenters. The van der Waals surface area contributed by atoms with Crippen molar-refractivity contribution in [1.29, 1.82) is 10.5 Å². The van der Waals surface area contributed by atoms with Gasteiger partial charge in [-0.05, 0) is 18.2 Å². The predicted molar refractivity (Wildman–Crippen MR) is 58.6 cm³/mol. The fraction of sp³-hybridized carbons (Fsp3) is 0.0833. The Hall–Kier alpha value is -2.79. The molecule has 0 bridgehead atoms. The topological polar surface area (TPSA) is 78.8 Å². The third-order valence-electron chi connectivity index (χ3n) is 2.26. The zero-order chi connectivity index (χ0) is 12.4. The summed E-state index contributed by atoms with van der Waals surface area (Å²) in [4.78, 5) is 15.8. The minimum atomic E-state index is -0.453. The lowest BCUT2D eigenvalue weighted by Crippen LogP contribution is -2.15. The fourth-order valence-electron chi connectivity index (χ4n) is 1.56. The van der Waals surface area contributed by atoms with E-state index in [1.807, 2.05) is 12.1 Å². The molecule has 0 amide bonds. The minimum absolute atomic E-state index is 0.257. The first kappa shape index (κ1) is 10.7. The first-order valence-corrected chi connectivity index (χ1v) is 4.80. The fourth-order valence-corrected chi connectivity index (χ4v) is 1.56. The smallest absolute Gasteiger partial charge is 0.329 e. The largest absolute Gasteiger partial charge is 0.337 e. The Morgan fingerprint density at radius 2 is 1.94 bits per heavy atom. The molecule has 0 saturated carbocycles. The van der Waals surface area contributed by atoms with E-state index in [1.165, 1.54) is 17.7 Å². The number of nitriles is 2. The second kappa shape index (κ2) is 3.99. The third-order valence-corrected chi connectivity index (χ3v) is 2.26. The highest BCUT2D eigenvalue weighted by Crippen LogP contribution is 2.20. The summed E-state index contributed by atoms with van der Waals surface area (Å²) in [6.45, 7) is 1.29. The van der Waals surface area contributed by atoms with Gasteiger partial charge in [0.2, 0.25) is 0 Å². The summed E-state index contributed by atoms with van der Waals surface area (Å²) >= 11 is 0. The number of carbonyl (C=O) groups excluding carboxylic acids is 1. The molecule has 5 heteroatoms. The van der Waals surface area contributed by atoms with Gasteiger partial charge in [0.25, 0.3) is 0 Å². The van der Waals surface area contributed by atoms with Crippen LogP contribution in [0.3, 0.4) is 0 Å². The number of aromatic nitrogens is 1. The number of nitrogens with zero attached hydrogens (tertiary/aromatic N) is 3. The molecule has 5 nitrogen and oxygen atoms in total. The predicted octanol–water partition coefficient (Wildman–Crippen LogP) is 1.36. The maximum Gasteiger partial charge on any atom is 0.329 e. The van der Waals surface area contributed by atoms with Crippen LogP contribution in [0.25, 0.3) is 10.9 Å². The van der Waals surface area contributed by atoms with Crippen molar-refractivity contribution < 1.29 is 9.63 Å². The molecule has 0 aliphatic heterocycles. The Bertz CT molecular complexity index is 686. The van der Waals surface area contributed by atoms with Crippen molar-refractivity contribution in [3.8, 4) is 12.1 Å². The zero-order valence-electron chi connectivity index (χ0n) is 8.97. The molecule has 0 radical (unpaired) electrons. The molecule has 17 heavy (non-hydrogen) atoms. The Kier molecular flexibility index (Phi) is 2.52. The summed E-state index contributed by atoms with van der Waals surface area (Å²) in [7, 11) is 0. The van der Waals surface area contributed by atoms with E-state index >= 15 is 0 Å². The zero-order valence-corrected chi connectivity index (χ0v) is 8.97. The lowest BCUT2D eigenvalue weighted by Gasteiger charge is -2.03. The van der Waals surface area contributed by atoms with Crippen molar-refractivity contribution in [1.82, 2.24) is 4.73 Å². The second-order valence-electron chi connectivity index (χ2n) is 3.40. The Morgan fingerprint density at radius 3 is 2.53 bits per heavy atom. The van der Waals surface area contributed by atoms with E-state index < -0.39 is 5.97 Å². The molecule has 0 saturated heterocycles. The second-order valence-corrected chi connectivity index (χ2v) is 3.40. The minimum Gasteiger partial charge on any atom is -0.337 e. The van der Waals surface area contributed by atoms with Gasteiger partial charge in [-0.15, -0.1) is 0 Å². The van der Waals surface area contributed by atoms with Crippen LogP contribution in [-0.2, 0) is 4.79 Å².